The van der Waals surface area contributed by atoms with Crippen molar-refractivity contribution in [3.05, 3.63) is 64.1 Å². The molecule has 0 fully saturated rings. The lowest BCUT2D eigenvalue weighted by atomic mass is 9.91. The molecule has 0 saturated carbocycles. The third kappa shape index (κ3) is 3.71. The van der Waals surface area contributed by atoms with Gasteiger partial charge in [-0.1, -0.05) is 37.6 Å². The van der Waals surface area contributed by atoms with Crippen LogP contribution in [0.5, 0.6) is 0 Å². The molecule has 0 saturated heterocycles. The highest BCUT2D eigenvalue weighted by Gasteiger charge is 2.28. The molecule has 0 spiro atoms. The predicted octanol–water partition coefficient (Wildman–Crippen LogP) is 4.69. The van der Waals surface area contributed by atoms with Gasteiger partial charge in [-0.15, -0.1) is 0 Å². The van der Waals surface area contributed by atoms with Crippen LogP contribution in [-0.2, 0) is 24.2 Å². The highest BCUT2D eigenvalue weighted by atomic mass is 35.5. The number of rotatable bonds is 4. The number of anilines is 1. The van der Waals surface area contributed by atoms with E-state index in [4.69, 9.17) is 17.3 Å². The number of halogens is 2. The second-order valence-corrected chi connectivity index (χ2v) is 8.49. The highest BCUT2D eigenvalue weighted by Crippen LogP contribution is 2.39. The Morgan fingerprint density at radius 1 is 1.34 bits per heavy atom. The van der Waals surface area contributed by atoms with Crippen LogP contribution in [0.15, 0.2) is 36.4 Å². The fourth-order valence-electron chi connectivity index (χ4n) is 4.20. The molecule has 4 nitrogen and oxygen atoms in total. The van der Waals surface area contributed by atoms with E-state index in [-0.39, 0.29) is 23.7 Å². The van der Waals surface area contributed by atoms with Gasteiger partial charge in [0.2, 0.25) is 5.91 Å². The van der Waals surface area contributed by atoms with E-state index in [9.17, 15) is 9.18 Å². The lowest BCUT2D eigenvalue weighted by Gasteiger charge is -2.26. The Balaban J connectivity index is 1.78. The molecule has 1 aliphatic carbocycles. The van der Waals surface area contributed by atoms with Gasteiger partial charge in [0.1, 0.15) is 5.82 Å². The number of fused-ring (bicyclic) bond motifs is 3. The number of nitrogens with one attached hydrogen (secondary N) is 1. The summed E-state index contributed by atoms with van der Waals surface area (Å²) in [7, 11) is 0. The summed E-state index contributed by atoms with van der Waals surface area (Å²) >= 11 is 6.62. The summed E-state index contributed by atoms with van der Waals surface area (Å²) in [5.74, 6) is -0.232. The normalized spacial score (nSPS) is 16.2. The van der Waals surface area contributed by atoms with E-state index in [0.29, 0.717) is 23.7 Å². The molecule has 1 amide bonds. The van der Waals surface area contributed by atoms with E-state index in [0.717, 1.165) is 34.9 Å². The molecule has 152 valence electrons. The van der Waals surface area contributed by atoms with Crippen LogP contribution in [-0.4, -0.2) is 16.5 Å². The molecule has 1 atom stereocenters. The van der Waals surface area contributed by atoms with E-state index < -0.39 is 0 Å². The third-order valence-electron chi connectivity index (χ3n) is 5.70. The number of hydrogen-bond acceptors (Lipinski definition) is 2. The lowest BCUT2D eigenvalue weighted by molar-refractivity contribution is -0.124. The number of aromatic nitrogens is 1. The zero-order valence-electron chi connectivity index (χ0n) is 16.6. The molecule has 3 N–H and O–H groups in total. The van der Waals surface area contributed by atoms with E-state index in [1.54, 1.807) is 12.1 Å². The van der Waals surface area contributed by atoms with Crippen molar-refractivity contribution in [2.24, 2.45) is 5.92 Å². The Kier molecular flexibility index (Phi) is 5.26. The van der Waals surface area contributed by atoms with Crippen molar-refractivity contribution in [3.8, 4) is 0 Å². The molecule has 0 bridgehead atoms. The van der Waals surface area contributed by atoms with Crippen molar-refractivity contribution in [3.63, 3.8) is 0 Å². The minimum atomic E-state index is -0.244. The van der Waals surface area contributed by atoms with E-state index in [2.05, 4.69) is 9.88 Å². The smallest absolute Gasteiger partial charge is 0.222 e. The SMILES string of the molecule is CC(C)C(=O)NC1CCc2c(c3c(Cl)c(N)ccc3n2Cc2cccc(F)c2)C1. The van der Waals surface area contributed by atoms with Crippen LogP contribution in [0.1, 0.15) is 37.1 Å². The van der Waals surface area contributed by atoms with Gasteiger partial charge in [-0.25, -0.2) is 4.39 Å². The maximum atomic E-state index is 13.7. The van der Waals surface area contributed by atoms with E-state index in [1.807, 2.05) is 32.0 Å². The van der Waals surface area contributed by atoms with Crippen LogP contribution < -0.4 is 11.1 Å². The lowest BCUT2D eigenvalue weighted by Crippen LogP contribution is -2.41. The van der Waals surface area contributed by atoms with Gasteiger partial charge in [0.15, 0.2) is 0 Å². The molecule has 1 unspecified atom stereocenters. The summed E-state index contributed by atoms with van der Waals surface area (Å²) in [5, 5.41) is 4.65. The standard InChI is InChI=1S/C23H25ClFN3O/c1-13(2)23(29)27-16-6-8-19-17(11-16)21-20(9-7-18(26)22(21)24)28(19)12-14-4-3-5-15(25)10-14/h3-5,7,9-10,13,16H,6,8,11-12,26H2,1-2H3,(H,27,29). The van der Waals surface area contributed by atoms with Gasteiger partial charge in [-0.05, 0) is 54.7 Å². The number of carbonyl (C=O) groups is 1. The van der Waals surface area contributed by atoms with Gasteiger partial charge < -0.3 is 15.6 Å². The molecular formula is C23H25ClFN3O. The Bertz CT molecular complexity index is 1090. The zero-order valence-corrected chi connectivity index (χ0v) is 17.4. The summed E-state index contributed by atoms with van der Waals surface area (Å²) in [5.41, 5.74) is 10.8. The van der Waals surface area contributed by atoms with Crippen LogP contribution in [0.3, 0.4) is 0 Å². The summed E-state index contributed by atoms with van der Waals surface area (Å²) < 4.78 is 15.9. The minimum absolute atomic E-state index is 0.0510. The topological polar surface area (TPSA) is 60.1 Å². The Morgan fingerprint density at radius 2 is 2.14 bits per heavy atom. The molecule has 1 heterocycles. The van der Waals surface area contributed by atoms with Crippen molar-refractivity contribution in [2.45, 2.75) is 45.7 Å². The van der Waals surface area contributed by atoms with Crippen LogP contribution in [0.2, 0.25) is 5.02 Å². The minimum Gasteiger partial charge on any atom is -0.398 e. The van der Waals surface area contributed by atoms with Gasteiger partial charge in [-0.3, -0.25) is 4.79 Å². The number of benzene rings is 2. The molecule has 1 aromatic heterocycles. The fourth-order valence-corrected chi connectivity index (χ4v) is 4.48. The number of nitrogen functional groups attached to an aromatic ring is 1. The van der Waals surface area contributed by atoms with Crippen molar-refractivity contribution < 1.29 is 9.18 Å². The maximum absolute atomic E-state index is 13.7. The number of nitrogens with two attached hydrogens (primary N) is 1. The van der Waals surface area contributed by atoms with E-state index >= 15 is 0 Å². The number of nitrogens with zero attached hydrogens (tertiary/aromatic N) is 1. The average molecular weight is 414 g/mol. The van der Waals surface area contributed by atoms with Gasteiger partial charge >= 0.3 is 0 Å². The number of amides is 1. The van der Waals surface area contributed by atoms with E-state index in [1.165, 1.54) is 11.8 Å². The Morgan fingerprint density at radius 3 is 2.86 bits per heavy atom. The van der Waals surface area contributed by atoms with Crippen molar-refractivity contribution >= 4 is 34.1 Å². The average Bonchev–Trinajstić information content (AvgIpc) is 2.98. The quantitative estimate of drug-likeness (QED) is 0.609. The van der Waals surface area contributed by atoms with Gasteiger partial charge in [-0.2, -0.15) is 0 Å². The maximum Gasteiger partial charge on any atom is 0.222 e. The number of carbonyl (C=O) groups excluding carboxylic acids is 1. The molecule has 0 aliphatic heterocycles. The first-order valence-corrected chi connectivity index (χ1v) is 10.4. The zero-order chi connectivity index (χ0) is 20.7. The van der Waals surface area contributed by atoms with Gasteiger partial charge in [0.05, 0.1) is 16.2 Å². The Hall–Kier alpha value is -2.53. The molecule has 2 aromatic carbocycles. The highest BCUT2D eigenvalue weighted by molar-refractivity contribution is 6.38. The first kappa shape index (κ1) is 19.8. The summed E-state index contributed by atoms with van der Waals surface area (Å²) in [6, 6.07) is 10.5. The number of hydrogen-bond donors (Lipinski definition) is 2. The van der Waals surface area contributed by atoms with Crippen LogP contribution in [0.4, 0.5) is 10.1 Å². The summed E-state index contributed by atoms with van der Waals surface area (Å²) in [6.07, 6.45) is 2.39. The Labute approximate surface area is 174 Å². The monoisotopic (exact) mass is 413 g/mol. The largest absolute Gasteiger partial charge is 0.398 e. The molecule has 29 heavy (non-hydrogen) atoms. The van der Waals surface area contributed by atoms with Crippen LogP contribution in [0.25, 0.3) is 10.9 Å². The first-order valence-electron chi connectivity index (χ1n) is 9.98. The summed E-state index contributed by atoms with van der Waals surface area (Å²) in [6.45, 7) is 4.35. The third-order valence-corrected chi connectivity index (χ3v) is 6.10. The van der Waals surface area contributed by atoms with Gasteiger partial charge in [0.25, 0.3) is 0 Å². The van der Waals surface area contributed by atoms with Crippen molar-refractivity contribution in [1.29, 1.82) is 0 Å². The molecule has 0 radical (unpaired) electrons. The molecule has 6 heteroatoms. The van der Waals surface area contributed by atoms with Crippen molar-refractivity contribution in [1.82, 2.24) is 9.88 Å². The molecule has 3 aromatic rings. The van der Waals surface area contributed by atoms with Crippen LogP contribution >= 0.6 is 11.6 Å². The molecule has 4 rings (SSSR count). The van der Waals surface area contributed by atoms with Crippen molar-refractivity contribution in [2.75, 3.05) is 5.73 Å². The summed E-state index contributed by atoms with van der Waals surface area (Å²) in [4.78, 5) is 12.2. The second kappa shape index (κ2) is 7.71. The molecule has 1 aliphatic rings. The van der Waals surface area contributed by atoms with Crippen LogP contribution in [0, 0.1) is 11.7 Å². The van der Waals surface area contributed by atoms with Gasteiger partial charge in [0, 0.05) is 29.6 Å². The second-order valence-electron chi connectivity index (χ2n) is 8.11. The predicted molar refractivity (Wildman–Crippen MR) is 116 cm³/mol. The fraction of sp³-hybridized carbons (Fsp3) is 0.348. The first-order chi connectivity index (χ1) is 13.8. The molecular weight excluding hydrogens is 389 g/mol.